The number of nitrogens with zero attached hydrogens (tertiary/aromatic N) is 2. The zero-order chi connectivity index (χ0) is 13.1. The lowest BCUT2D eigenvalue weighted by Gasteiger charge is -2.17. The van der Waals surface area contributed by atoms with E-state index < -0.39 is 11.9 Å². The summed E-state index contributed by atoms with van der Waals surface area (Å²) in [5, 5.41) is 9.34. The fraction of sp³-hybridized carbons (Fsp3) is 0.0769. The Hall–Kier alpha value is -2.43. The number of phenols is 1. The van der Waals surface area contributed by atoms with Crippen molar-refractivity contribution in [3.8, 4) is 5.75 Å². The van der Waals surface area contributed by atoms with Crippen LogP contribution in [0.4, 0.5) is 10.1 Å². The molecule has 0 fully saturated rings. The van der Waals surface area contributed by atoms with Crippen molar-refractivity contribution in [3.63, 3.8) is 0 Å². The van der Waals surface area contributed by atoms with Crippen LogP contribution in [0, 0.1) is 5.95 Å². The first-order valence-electron chi connectivity index (χ1n) is 5.27. The maximum absolute atomic E-state index is 13.4. The molecule has 0 saturated carbocycles. The quantitative estimate of drug-likeness (QED) is 0.826. The predicted octanol–water partition coefficient (Wildman–Crippen LogP) is 2.20. The third-order valence-corrected chi connectivity index (χ3v) is 2.51. The van der Waals surface area contributed by atoms with E-state index >= 15 is 0 Å². The van der Waals surface area contributed by atoms with Gasteiger partial charge in [-0.15, -0.1) is 0 Å². The highest BCUT2D eigenvalue weighted by atomic mass is 19.1. The summed E-state index contributed by atoms with van der Waals surface area (Å²) in [6, 6.07) is 9.02. The Morgan fingerprint density at radius 2 is 2.11 bits per heavy atom. The van der Waals surface area contributed by atoms with Gasteiger partial charge < -0.3 is 10.0 Å². The van der Waals surface area contributed by atoms with Crippen LogP contribution in [0.15, 0.2) is 42.6 Å². The predicted molar refractivity (Wildman–Crippen MR) is 65.0 cm³/mol. The molecule has 0 spiro atoms. The van der Waals surface area contributed by atoms with E-state index in [1.165, 1.54) is 42.4 Å². The second-order valence-corrected chi connectivity index (χ2v) is 3.73. The highest BCUT2D eigenvalue weighted by Crippen LogP contribution is 2.20. The van der Waals surface area contributed by atoms with Gasteiger partial charge in [0.2, 0.25) is 5.95 Å². The summed E-state index contributed by atoms with van der Waals surface area (Å²) in [7, 11) is 1.50. The van der Waals surface area contributed by atoms with Gasteiger partial charge in [0.15, 0.2) is 0 Å². The molecule has 1 aromatic carbocycles. The fourth-order valence-electron chi connectivity index (χ4n) is 1.55. The van der Waals surface area contributed by atoms with Crippen LogP contribution < -0.4 is 4.90 Å². The first-order chi connectivity index (χ1) is 8.59. The van der Waals surface area contributed by atoms with Crippen LogP contribution in [0.3, 0.4) is 0 Å². The molecule has 0 unspecified atom stereocenters. The van der Waals surface area contributed by atoms with Gasteiger partial charge in [-0.3, -0.25) is 4.79 Å². The van der Waals surface area contributed by atoms with E-state index in [1.54, 1.807) is 12.1 Å². The Morgan fingerprint density at radius 1 is 1.33 bits per heavy atom. The van der Waals surface area contributed by atoms with Crippen molar-refractivity contribution in [1.82, 2.24) is 4.98 Å². The van der Waals surface area contributed by atoms with Crippen LogP contribution in [0.2, 0.25) is 0 Å². The lowest BCUT2D eigenvalue weighted by molar-refractivity contribution is 0.0988. The molecule has 1 aromatic heterocycles. The molecule has 2 aromatic rings. The molecule has 0 atom stereocenters. The van der Waals surface area contributed by atoms with Gasteiger partial charge in [-0.2, -0.15) is 4.39 Å². The number of pyridine rings is 1. The minimum atomic E-state index is -0.811. The zero-order valence-corrected chi connectivity index (χ0v) is 9.67. The van der Waals surface area contributed by atoms with Gasteiger partial charge in [-0.05, 0) is 24.3 Å². The lowest BCUT2D eigenvalue weighted by atomic mass is 10.2. The van der Waals surface area contributed by atoms with E-state index in [0.29, 0.717) is 5.69 Å². The summed E-state index contributed by atoms with van der Waals surface area (Å²) in [5.41, 5.74) is 0.367. The third kappa shape index (κ3) is 2.29. The number of aromatic nitrogens is 1. The molecule has 0 aliphatic rings. The van der Waals surface area contributed by atoms with Crippen molar-refractivity contribution in [3.05, 3.63) is 54.1 Å². The van der Waals surface area contributed by atoms with Gasteiger partial charge in [0, 0.05) is 25.0 Å². The maximum Gasteiger partial charge on any atom is 0.262 e. The van der Waals surface area contributed by atoms with Crippen molar-refractivity contribution in [1.29, 1.82) is 0 Å². The normalized spacial score (nSPS) is 10.1. The van der Waals surface area contributed by atoms with Crippen LogP contribution >= 0.6 is 0 Å². The molecule has 2 rings (SSSR count). The van der Waals surface area contributed by atoms with E-state index in [0.717, 1.165) is 0 Å². The van der Waals surface area contributed by atoms with Crippen molar-refractivity contribution < 1.29 is 14.3 Å². The molecule has 18 heavy (non-hydrogen) atoms. The molecule has 4 nitrogen and oxygen atoms in total. The number of hydrogen-bond acceptors (Lipinski definition) is 3. The van der Waals surface area contributed by atoms with Crippen LogP contribution in [-0.4, -0.2) is 23.0 Å². The highest BCUT2D eigenvalue weighted by molar-refractivity contribution is 6.05. The van der Waals surface area contributed by atoms with Crippen molar-refractivity contribution in [2.45, 2.75) is 0 Å². The van der Waals surface area contributed by atoms with Crippen LogP contribution in [0.25, 0.3) is 0 Å². The molecule has 1 N–H and O–H groups in total. The second-order valence-electron chi connectivity index (χ2n) is 3.73. The highest BCUT2D eigenvalue weighted by Gasteiger charge is 2.17. The third-order valence-electron chi connectivity index (χ3n) is 2.51. The van der Waals surface area contributed by atoms with E-state index in [4.69, 9.17) is 0 Å². The summed E-state index contributed by atoms with van der Waals surface area (Å²) in [4.78, 5) is 16.7. The van der Waals surface area contributed by atoms with Gasteiger partial charge in [0.05, 0.1) is 5.56 Å². The van der Waals surface area contributed by atoms with Gasteiger partial charge in [0.1, 0.15) is 5.75 Å². The minimum Gasteiger partial charge on any atom is -0.508 e. The minimum absolute atomic E-state index is 0.0406. The molecule has 0 bridgehead atoms. The Morgan fingerprint density at radius 3 is 2.78 bits per heavy atom. The summed E-state index contributed by atoms with van der Waals surface area (Å²) < 4.78 is 13.4. The van der Waals surface area contributed by atoms with Crippen LogP contribution in [-0.2, 0) is 0 Å². The second kappa shape index (κ2) is 4.83. The van der Waals surface area contributed by atoms with Crippen molar-refractivity contribution in [2.75, 3.05) is 11.9 Å². The average molecular weight is 246 g/mol. The SMILES string of the molecule is CN(C(=O)c1cccnc1F)c1cccc(O)c1. The number of halogens is 1. The fourth-order valence-corrected chi connectivity index (χ4v) is 1.55. The first kappa shape index (κ1) is 12.0. The largest absolute Gasteiger partial charge is 0.508 e. The molecular weight excluding hydrogens is 235 g/mol. The molecule has 92 valence electrons. The van der Waals surface area contributed by atoms with Crippen molar-refractivity contribution >= 4 is 11.6 Å². The van der Waals surface area contributed by atoms with E-state index in [2.05, 4.69) is 4.98 Å². The molecule has 1 amide bonds. The van der Waals surface area contributed by atoms with Gasteiger partial charge in [-0.25, -0.2) is 4.98 Å². The number of benzene rings is 1. The molecule has 0 radical (unpaired) electrons. The van der Waals surface area contributed by atoms with Crippen LogP contribution in [0.1, 0.15) is 10.4 Å². The van der Waals surface area contributed by atoms with Gasteiger partial charge in [-0.1, -0.05) is 6.07 Å². The number of carbonyl (C=O) groups excluding carboxylic acids is 1. The van der Waals surface area contributed by atoms with E-state index in [-0.39, 0.29) is 11.3 Å². The molecule has 0 aliphatic carbocycles. The number of anilines is 1. The first-order valence-corrected chi connectivity index (χ1v) is 5.27. The molecule has 0 aliphatic heterocycles. The average Bonchev–Trinajstić information content (AvgIpc) is 2.37. The Balaban J connectivity index is 2.32. The van der Waals surface area contributed by atoms with E-state index in [1.807, 2.05) is 0 Å². The Labute approximate surface area is 103 Å². The number of carbonyl (C=O) groups is 1. The van der Waals surface area contributed by atoms with Gasteiger partial charge in [0.25, 0.3) is 5.91 Å². The zero-order valence-electron chi connectivity index (χ0n) is 9.67. The van der Waals surface area contributed by atoms with Gasteiger partial charge >= 0.3 is 0 Å². The Kier molecular flexibility index (Phi) is 3.23. The van der Waals surface area contributed by atoms with Crippen molar-refractivity contribution in [2.24, 2.45) is 0 Å². The summed E-state index contributed by atoms with van der Waals surface area (Å²) in [6.45, 7) is 0. The Bertz CT molecular complexity index is 587. The molecule has 1 heterocycles. The summed E-state index contributed by atoms with van der Waals surface area (Å²) in [6.07, 6.45) is 1.28. The molecule has 0 saturated heterocycles. The molecule has 5 heteroatoms. The number of hydrogen-bond donors (Lipinski definition) is 1. The van der Waals surface area contributed by atoms with Crippen LogP contribution in [0.5, 0.6) is 5.75 Å². The summed E-state index contributed by atoms with van der Waals surface area (Å²) >= 11 is 0. The monoisotopic (exact) mass is 246 g/mol. The standard InChI is InChI=1S/C13H11FN2O2/c1-16(9-4-2-5-10(17)8-9)13(18)11-6-3-7-15-12(11)14/h2-8,17H,1H3. The number of rotatable bonds is 2. The maximum atomic E-state index is 13.4. The molecular formula is C13H11FN2O2. The summed E-state index contributed by atoms with van der Waals surface area (Å²) in [5.74, 6) is -1.29. The number of amides is 1. The smallest absolute Gasteiger partial charge is 0.262 e. The van der Waals surface area contributed by atoms with E-state index in [9.17, 15) is 14.3 Å². The number of aromatic hydroxyl groups is 1. The number of phenolic OH excluding ortho intramolecular Hbond substituents is 1. The topological polar surface area (TPSA) is 53.4 Å². The lowest BCUT2D eigenvalue weighted by Crippen LogP contribution is -2.27.